The van der Waals surface area contributed by atoms with Gasteiger partial charge in [-0.1, -0.05) is 18.5 Å². The molecule has 19 heavy (non-hydrogen) atoms. The summed E-state index contributed by atoms with van der Waals surface area (Å²) in [5.41, 5.74) is 0.568. The van der Waals surface area contributed by atoms with Crippen LogP contribution in [0, 0.1) is 5.82 Å². The molecule has 0 amide bonds. The summed E-state index contributed by atoms with van der Waals surface area (Å²) in [5, 5.41) is 3.76. The predicted molar refractivity (Wildman–Crippen MR) is 79.4 cm³/mol. The molecule has 2 rings (SSSR count). The van der Waals surface area contributed by atoms with Gasteiger partial charge in [-0.25, -0.2) is 4.39 Å². The van der Waals surface area contributed by atoms with E-state index < -0.39 is 0 Å². The number of rotatable bonds is 4. The Morgan fingerprint density at radius 2 is 2.21 bits per heavy atom. The third-order valence-electron chi connectivity index (χ3n) is 3.65. The summed E-state index contributed by atoms with van der Waals surface area (Å²) >= 11 is 5.77. The number of nitrogens with one attached hydrogen (secondary N) is 1. The van der Waals surface area contributed by atoms with Crippen molar-refractivity contribution >= 4 is 17.3 Å². The van der Waals surface area contributed by atoms with Gasteiger partial charge < -0.3 is 10.2 Å². The quantitative estimate of drug-likeness (QED) is 0.893. The first-order valence-electron chi connectivity index (χ1n) is 7.13. The number of likely N-dealkylation sites (tertiary alicyclic amines) is 1. The van der Waals surface area contributed by atoms with Crippen molar-refractivity contribution in [1.82, 2.24) is 4.90 Å². The largest absolute Gasteiger partial charge is 0.380 e. The first-order valence-corrected chi connectivity index (χ1v) is 7.50. The smallest absolute Gasteiger partial charge is 0.147 e. The van der Waals surface area contributed by atoms with E-state index in [9.17, 15) is 4.39 Å². The minimum Gasteiger partial charge on any atom is -0.380 e. The Morgan fingerprint density at radius 1 is 1.37 bits per heavy atom. The van der Waals surface area contributed by atoms with Crippen LogP contribution in [-0.4, -0.2) is 30.6 Å². The van der Waals surface area contributed by atoms with Crippen molar-refractivity contribution in [3.8, 4) is 0 Å². The summed E-state index contributed by atoms with van der Waals surface area (Å²) in [7, 11) is 0. The molecule has 4 heteroatoms. The molecule has 0 aromatic heterocycles. The molecule has 0 aliphatic carbocycles. The van der Waals surface area contributed by atoms with Gasteiger partial charge in [-0.3, -0.25) is 0 Å². The molecule has 1 aliphatic heterocycles. The Hall–Kier alpha value is -0.800. The number of benzene rings is 1. The number of hydrogen-bond donors (Lipinski definition) is 1. The summed E-state index contributed by atoms with van der Waals surface area (Å²) in [4.78, 5) is 2.50. The number of halogens is 2. The predicted octanol–water partition coefficient (Wildman–Crippen LogP) is 4.16. The maximum atomic E-state index is 13.7. The molecule has 1 atom stereocenters. The van der Waals surface area contributed by atoms with Crippen LogP contribution in [0.25, 0.3) is 0 Å². The van der Waals surface area contributed by atoms with Gasteiger partial charge in [-0.2, -0.15) is 0 Å². The lowest BCUT2D eigenvalue weighted by Gasteiger charge is -2.20. The summed E-state index contributed by atoms with van der Waals surface area (Å²) in [6.45, 7) is 5.64. The fraction of sp³-hybridized carbons (Fsp3) is 0.600. The van der Waals surface area contributed by atoms with Gasteiger partial charge >= 0.3 is 0 Å². The van der Waals surface area contributed by atoms with E-state index in [2.05, 4.69) is 17.1 Å². The highest BCUT2D eigenvalue weighted by atomic mass is 35.5. The van der Waals surface area contributed by atoms with Crippen LogP contribution < -0.4 is 5.32 Å². The van der Waals surface area contributed by atoms with Crippen LogP contribution >= 0.6 is 11.6 Å². The van der Waals surface area contributed by atoms with Gasteiger partial charge in [0.25, 0.3) is 0 Å². The Labute approximate surface area is 119 Å². The lowest BCUT2D eigenvalue weighted by Crippen LogP contribution is -2.27. The van der Waals surface area contributed by atoms with Crippen molar-refractivity contribution in [2.24, 2.45) is 0 Å². The Bertz CT molecular complexity index is 411. The van der Waals surface area contributed by atoms with Gasteiger partial charge in [0.2, 0.25) is 0 Å². The normalized spacial score (nSPS) is 21.1. The fourth-order valence-corrected chi connectivity index (χ4v) is 2.83. The molecule has 0 saturated carbocycles. The van der Waals surface area contributed by atoms with Crippen LogP contribution in [0.1, 0.15) is 32.6 Å². The molecular formula is C15H22ClFN2. The zero-order chi connectivity index (χ0) is 13.7. The standard InChI is InChI=1S/C15H22ClFN2/c1-2-8-19-9-3-4-13(7-10-19)18-15-6-5-12(16)11-14(15)17/h5-6,11,13,18H,2-4,7-10H2,1H3. The van der Waals surface area contributed by atoms with Crippen LogP contribution in [0.5, 0.6) is 0 Å². The molecule has 1 N–H and O–H groups in total. The Kier molecular flexibility index (Phi) is 5.46. The number of anilines is 1. The van der Waals surface area contributed by atoms with Gasteiger partial charge in [0.05, 0.1) is 5.69 Å². The van der Waals surface area contributed by atoms with E-state index in [-0.39, 0.29) is 5.82 Å². The average molecular weight is 285 g/mol. The van der Waals surface area contributed by atoms with E-state index in [4.69, 9.17) is 11.6 Å². The maximum absolute atomic E-state index is 13.7. The van der Waals surface area contributed by atoms with E-state index in [1.54, 1.807) is 12.1 Å². The summed E-state index contributed by atoms with van der Waals surface area (Å²) in [6.07, 6.45) is 4.54. The molecule has 1 fully saturated rings. The molecule has 106 valence electrons. The zero-order valence-electron chi connectivity index (χ0n) is 11.5. The minimum atomic E-state index is -0.262. The van der Waals surface area contributed by atoms with Crippen molar-refractivity contribution in [1.29, 1.82) is 0 Å². The number of hydrogen-bond acceptors (Lipinski definition) is 2. The lowest BCUT2D eigenvalue weighted by atomic mass is 10.1. The van der Waals surface area contributed by atoms with Crippen molar-refractivity contribution in [2.75, 3.05) is 25.0 Å². The van der Waals surface area contributed by atoms with Crippen LogP contribution in [0.2, 0.25) is 5.02 Å². The summed E-state index contributed by atoms with van der Waals surface area (Å²) in [5.74, 6) is -0.262. The van der Waals surface area contributed by atoms with Gasteiger partial charge in [-0.05, 0) is 57.0 Å². The maximum Gasteiger partial charge on any atom is 0.147 e. The molecule has 2 nitrogen and oxygen atoms in total. The fourth-order valence-electron chi connectivity index (χ4n) is 2.67. The summed E-state index contributed by atoms with van der Waals surface area (Å²) < 4.78 is 13.7. The third-order valence-corrected chi connectivity index (χ3v) is 3.89. The van der Waals surface area contributed by atoms with Gasteiger partial charge in [0.1, 0.15) is 5.82 Å². The second kappa shape index (κ2) is 7.11. The van der Waals surface area contributed by atoms with Gasteiger partial charge in [0.15, 0.2) is 0 Å². The second-order valence-corrected chi connectivity index (χ2v) is 5.67. The van der Waals surface area contributed by atoms with E-state index in [1.807, 2.05) is 0 Å². The molecule has 1 aliphatic rings. The molecule has 1 aromatic rings. The van der Waals surface area contributed by atoms with Gasteiger partial charge in [-0.15, -0.1) is 0 Å². The molecule has 1 saturated heterocycles. The first kappa shape index (κ1) is 14.6. The molecule has 0 bridgehead atoms. The van der Waals surface area contributed by atoms with Crippen LogP contribution in [0.3, 0.4) is 0 Å². The molecule has 1 aromatic carbocycles. The molecular weight excluding hydrogens is 263 g/mol. The van der Waals surface area contributed by atoms with Crippen molar-refractivity contribution in [3.05, 3.63) is 29.0 Å². The molecule has 1 unspecified atom stereocenters. The van der Waals surface area contributed by atoms with Crippen LogP contribution in [-0.2, 0) is 0 Å². The average Bonchev–Trinajstić information content (AvgIpc) is 2.59. The lowest BCUT2D eigenvalue weighted by molar-refractivity contribution is 0.285. The zero-order valence-corrected chi connectivity index (χ0v) is 12.2. The summed E-state index contributed by atoms with van der Waals surface area (Å²) in [6, 6.07) is 5.18. The SMILES string of the molecule is CCCN1CCCC(Nc2ccc(Cl)cc2F)CC1. The van der Waals surface area contributed by atoms with E-state index in [1.165, 1.54) is 25.5 Å². The number of nitrogens with zero attached hydrogens (tertiary/aromatic N) is 1. The molecule has 1 heterocycles. The van der Waals surface area contributed by atoms with Crippen LogP contribution in [0.15, 0.2) is 18.2 Å². The Balaban J connectivity index is 1.92. The molecule has 0 radical (unpaired) electrons. The van der Waals surface area contributed by atoms with E-state index >= 15 is 0 Å². The van der Waals surface area contributed by atoms with Crippen LogP contribution in [0.4, 0.5) is 10.1 Å². The van der Waals surface area contributed by atoms with E-state index in [0.717, 1.165) is 25.9 Å². The second-order valence-electron chi connectivity index (χ2n) is 5.24. The third kappa shape index (κ3) is 4.36. The topological polar surface area (TPSA) is 15.3 Å². The first-order chi connectivity index (χ1) is 9.19. The monoisotopic (exact) mass is 284 g/mol. The van der Waals surface area contributed by atoms with Crippen molar-refractivity contribution in [2.45, 2.75) is 38.6 Å². The van der Waals surface area contributed by atoms with Crippen molar-refractivity contribution in [3.63, 3.8) is 0 Å². The Morgan fingerprint density at radius 3 is 2.95 bits per heavy atom. The highest BCUT2D eigenvalue weighted by molar-refractivity contribution is 6.30. The van der Waals surface area contributed by atoms with Crippen molar-refractivity contribution < 1.29 is 4.39 Å². The highest BCUT2D eigenvalue weighted by Crippen LogP contribution is 2.22. The molecule has 0 spiro atoms. The van der Waals surface area contributed by atoms with Gasteiger partial charge in [0, 0.05) is 17.6 Å². The van der Waals surface area contributed by atoms with E-state index in [0.29, 0.717) is 16.8 Å². The highest BCUT2D eigenvalue weighted by Gasteiger charge is 2.17. The minimum absolute atomic E-state index is 0.262.